The molecule has 0 bridgehead atoms. The van der Waals surface area contributed by atoms with Crippen LogP contribution in [0.3, 0.4) is 0 Å². The highest BCUT2D eigenvalue weighted by molar-refractivity contribution is 5.49. The summed E-state index contributed by atoms with van der Waals surface area (Å²) in [6, 6.07) is 2.02. The summed E-state index contributed by atoms with van der Waals surface area (Å²) in [4.78, 5) is 0. The fourth-order valence-corrected chi connectivity index (χ4v) is 1.18. The molecule has 0 aromatic heterocycles. The van der Waals surface area contributed by atoms with Crippen LogP contribution in [0.5, 0.6) is 5.75 Å². The number of alkyl halides is 3. The van der Waals surface area contributed by atoms with Gasteiger partial charge in [-0.25, -0.2) is 4.39 Å². The Hall–Kier alpha value is -1.70. The van der Waals surface area contributed by atoms with Crippen LogP contribution in [0.1, 0.15) is 11.1 Å². The van der Waals surface area contributed by atoms with Gasteiger partial charge in [0, 0.05) is 0 Å². The van der Waals surface area contributed by atoms with Crippen LogP contribution >= 0.6 is 0 Å². The first-order valence-corrected chi connectivity index (χ1v) is 4.30. The Balaban J connectivity index is 3.00. The second-order valence-corrected chi connectivity index (χ2v) is 3.15. The number of hydrogen-bond acceptors (Lipinski definition) is 1. The van der Waals surface area contributed by atoms with Gasteiger partial charge in [0.25, 0.3) is 0 Å². The van der Waals surface area contributed by atoms with Gasteiger partial charge in [-0.2, -0.15) is 13.2 Å². The van der Waals surface area contributed by atoms with Crippen molar-refractivity contribution in [2.45, 2.75) is 13.1 Å². The first kappa shape index (κ1) is 12.4. The minimum Gasteiger partial charge on any atom is -0.483 e. The molecule has 0 unspecified atom stereocenters. The molecule has 0 aliphatic carbocycles. The van der Waals surface area contributed by atoms with E-state index in [2.05, 4.69) is 10.7 Å². The molecular weight excluding hydrogens is 224 g/mol. The average Bonchev–Trinajstić information content (AvgIpc) is 2.13. The van der Waals surface area contributed by atoms with Crippen molar-refractivity contribution in [3.05, 3.63) is 29.1 Å². The molecule has 0 amide bonds. The molecule has 0 aliphatic heterocycles. The van der Waals surface area contributed by atoms with Gasteiger partial charge in [0.2, 0.25) is 0 Å². The highest BCUT2D eigenvalue weighted by Gasteiger charge is 2.29. The van der Waals surface area contributed by atoms with E-state index in [0.29, 0.717) is 0 Å². The lowest BCUT2D eigenvalue weighted by molar-refractivity contribution is -0.153. The molecule has 86 valence electrons. The van der Waals surface area contributed by atoms with Crippen LogP contribution in [-0.2, 0) is 0 Å². The first-order valence-electron chi connectivity index (χ1n) is 4.30. The maximum Gasteiger partial charge on any atom is 0.422 e. The second-order valence-electron chi connectivity index (χ2n) is 3.15. The molecule has 0 heterocycles. The third kappa shape index (κ3) is 3.16. The first-order chi connectivity index (χ1) is 7.33. The van der Waals surface area contributed by atoms with Gasteiger partial charge >= 0.3 is 6.18 Å². The van der Waals surface area contributed by atoms with E-state index in [4.69, 9.17) is 6.42 Å². The van der Waals surface area contributed by atoms with Gasteiger partial charge in [-0.1, -0.05) is 5.92 Å². The van der Waals surface area contributed by atoms with Gasteiger partial charge in [0.15, 0.2) is 6.61 Å². The van der Waals surface area contributed by atoms with Crippen molar-refractivity contribution >= 4 is 0 Å². The molecule has 1 nitrogen and oxygen atoms in total. The highest BCUT2D eigenvalue weighted by atomic mass is 19.4. The molecule has 0 spiro atoms. The molecule has 0 radical (unpaired) electrons. The normalized spacial score (nSPS) is 11.0. The maximum absolute atomic E-state index is 12.9. The molecule has 1 aromatic carbocycles. The number of halogens is 4. The third-order valence-electron chi connectivity index (χ3n) is 1.78. The fraction of sp³-hybridized carbons (Fsp3) is 0.273. The summed E-state index contributed by atoms with van der Waals surface area (Å²) in [6.45, 7) is -0.0240. The molecule has 0 saturated carbocycles. The largest absolute Gasteiger partial charge is 0.483 e. The summed E-state index contributed by atoms with van der Waals surface area (Å²) in [5.41, 5.74) is 0.207. The van der Waals surface area contributed by atoms with E-state index in [0.717, 1.165) is 12.1 Å². The Morgan fingerprint density at radius 1 is 1.38 bits per heavy atom. The summed E-state index contributed by atoms with van der Waals surface area (Å²) >= 11 is 0. The average molecular weight is 232 g/mol. The molecular formula is C11H8F4O. The SMILES string of the molecule is C#Cc1cc(F)cc(C)c1OCC(F)(F)F. The predicted octanol–water partition coefficient (Wildman–Crippen LogP) is 3.06. The summed E-state index contributed by atoms with van der Waals surface area (Å²) < 4.78 is 53.3. The van der Waals surface area contributed by atoms with Gasteiger partial charge in [0.05, 0.1) is 5.56 Å². The Morgan fingerprint density at radius 3 is 2.50 bits per heavy atom. The van der Waals surface area contributed by atoms with E-state index >= 15 is 0 Å². The van der Waals surface area contributed by atoms with Crippen molar-refractivity contribution in [3.8, 4) is 18.1 Å². The van der Waals surface area contributed by atoms with Crippen LogP contribution in [0.15, 0.2) is 12.1 Å². The molecule has 0 atom stereocenters. The van der Waals surface area contributed by atoms with Gasteiger partial charge < -0.3 is 4.74 Å². The molecule has 0 N–H and O–H groups in total. The van der Waals surface area contributed by atoms with Crippen LogP contribution in [-0.4, -0.2) is 12.8 Å². The molecule has 1 rings (SSSR count). The van der Waals surface area contributed by atoms with Crippen molar-refractivity contribution in [1.29, 1.82) is 0 Å². The third-order valence-corrected chi connectivity index (χ3v) is 1.78. The lowest BCUT2D eigenvalue weighted by Gasteiger charge is -2.13. The lowest BCUT2D eigenvalue weighted by atomic mass is 10.1. The van der Waals surface area contributed by atoms with Crippen LogP contribution < -0.4 is 4.74 Å². The van der Waals surface area contributed by atoms with Crippen molar-refractivity contribution in [1.82, 2.24) is 0 Å². The van der Waals surface area contributed by atoms with E-state index in [1.807, 2.05) is 0 Å². The van der Waals surface area contributed by atoms with Crippen molar-refractivity contribution in [2.24, 2.45) is 0 Å². The summed E-state index contributed by atoms with van der Waals surface area (Å²) in [5, 5.41) is 0. The van der Waals surface area contributed by atoms with Gasteiger partial charge in [-0.3, -0.25) is 0 Å². The van der Waals surface area contributed by atoms with E-state index in [1.54, 1.807) is 0 Å². The minimum atomic E-state index is -4.45. The number of terminal acetylenes is 1. The molecule has 1 aromatic rings. The summed E-state index contributed by atoms with van der Waals surface area (Å²) in [7, 11) is 0. The predicted molar refractivity (Wildman–Crippen MR) is 50.6 cm³/mol. The van der Waals surface area contributed by atoms with E-state index in [-0.39, 0.29) is 16.9 Å². The summed E-state index contributed by atoms with van der Waals surface area (Å²) in [5.74, 6) is 1.36. The van der Waals surface area contributed by atoms with Crippen LogP contribution in [0, 0.1) is 25.1 Å². The fourth-order valence-electron chi connectivity index (χ4n) is 1.18. The monoisotopic (exact) mass is 232 g/mol. The quantitative estimate of drug-likeness (QED) is 0.562. The van der Waals surface area contributed by atoms with Gasteiger partial charge in [-0.15, -0.1) is 6.42 Å². The highest BCUT2D eigenvalue weighted by Crippen LogP contribution is 2.26. The lowest BCUT2D eigenvalue weighted by Crippen LogP contribution is -2.20. The Labute approximate surface area is 90.0 Å². The molecule has 0 saturated heterocycles. The zero-order valence-electron chi connectivity index (χ0n) is 8.36. The zero-order valence-corrected chi connectivity index (χ0v) is 8.36. The van der Waals surface area contributed by atoms with Crippen LogP contribution in [0.4, 0.5) is 17.6 Å². The Morgan fingerprint density at radius 2 is 2.00 bits per heavy atom. The Bertz CT molecular complexity index is 429. The van der Waals surface area contributed by atoms with Crippen LogP contribution in [0.2, 0.25) is 0 Å². The number of hydrogen-bond donors (Lipinski definition) is 0. The maximum atomic E-state index is 12.9. The number of rotatable bonds is 2. The smallest absolute Gasteiger partial charge is 0.422 e. The van der Waals surface area contributed by atoms with Gasteiger partial charge in [-0.05, 0) is 24.6 Å². The van der Waals surface area contributed by atoms with Crippen molar-refractivity contribution in [2.75, 3.05) is 6.61 Å². The number of ether oxygens (including phenoxy) is 1. The van der Waals surface area contributed by atoms with E-state index in [1.165, 1.54) is 6.92 Å². The van der Waals surface area contributed by atoms with Crippen molar-refractivity contribution in [3.63, 3.8) is 0 Å². The van der Waals surface area contributed by atoms with Crippen LogP contribution in [0.25, 0.3) is 0 Å². The number of benzene rings is 1. The second kappa shape index (κ2) is 4.44. The molecule has 5 heteroatoms. The molecule has 16 heavy (non-hydrogen) atoms. The molecule has 0 fully saturated rings. The van der Waals surface area contributed by atoms with Gasteiger partial charge in [0.1, 0.15) is 11.6 Å². The standard InChI is InChI=1S/C11H8F4O/c1-3-8-5-9(12)4-7(2)10(8)16-6-11(13,14)15/h1,4-5H,6H2,2H3. The molecule has 0 aliphatic rings. The van der Waals surface area contributed by atoms with E-state index < -0.39 is 18.6 Å². The number of aryl methyl sites for hydroxylation is 1. The van der Waals surface area contributed by atoms with Crippen molar-refractivity contribution < 1.29 is 22.3 Å². The zero-order chi connectivity index (χ0) is 12.3. The topological polar surface area (TPSA) is 9.23 Å². The Kier molecular flexibility index (Phi) is 3.43. The van der Waals surface area contributed by atoms with E-state index in [9.17, 15) is 17.6 Å². The summed E-state index contributed by atoms with van der Waals surface area (Å²) in [6.07, 6.45) is 0.598. The minimum absolute atomic E-state index is 0.0262.